The SMILES string of the molecule is C=CN=c1cc(Oc2ccc(Nc3ncnc4cc(OCCN5CCCC5)c(NC(=O)C#CC)cc34)cc2C)ccn1C. The van der Waals surface area contributed by atoms with E-state index >= 15 is 0 Å². The predicted molar refractivity (Wildman–Crippen MR) is 168 cm³/mol. The van der Waals surface area contributed by atoms with Crippen molar-refractivity contribution in [2.45, 2.75) is 26.7 Å². The van der Waals surface area contributed by atoms with Crippen LogP contribution in [0.5, 0.6) is 17.2 Å². The zero-order valence-electron chi connectivity index (χ0n) is 24.7. The van der Waals surface area contributed by atoms with E-state index in [9.17, 15) is 4.79 Å². The van der Waals surface area contributed by atoms with Crippen LogP contribution in [0.2, 0.25) is 0 Å². The molecular formula is C33H35N7O3. The van der Waals surface area contributed by atoms with Crippen LogP contribution in [0.1, 0.15) is 25.3 Å². The lowest BCUT2D eigenvalue weighted by Crippen LogP contribution is -2.25. The van der Waals surface area contributed by atoms with Gasteiger partial charge in [-0.15, -0.1) is 0 Å². The number of fused-ring (bicyclic) bond motifs is 1. The summed E-state index contributed by atoms with van der Waals surface area (Å²) in [6, 6.07) is 13.2. The van der Waals surface area contributed by atoms with Gasteiger partial charge in [-0.2, -0.15) is 0 Å². The Morgan fingerprint density at radius 1 is 1.14 bits per heavy atom. The number of likely N-dealkylation sites (tertiary alicyclic amines) is 1. The van der Waals surface area contributed by atoms with Gasteiger partial charge in [0.25, 0.3) is 5.91 Å². The minimum absolute atomic E-state index is 0.415. The summed E-state index contributed by atoms with van der Waals surface area (Å²) in [5.41, 5.74) is 3.68. The Hall–Kier alpha value is -5.14. The van der Waals surface area contributed by atoms with E-state index in [0.29, 0.717) is 40.9 Å². The number of ether oxygens (including phenoxy) is 2. The molecular weight excluding hydrogens is 542 g/mol. The quantitative estimate of drug-likeness (QED) is 0.247. The Labute approximate surface area is 251 Å². The van der Waals surface area contributed by atoms with Crippen LogP contribution in [0.25, 0.3) is 10.9 Å². The zero-order chi connectivity index (χ0) is 30.2. The molecule has 4 aromatic rings. The number of nitrogens with zero attached hydrogens (tertiary/aromatic N) is 5. The number of hydrogen-bond acceptors (Lipinski definition) is 8. The highest BCUT2D eigenvalue weighted by atomic mass is 16.5. The zero-order valence-corrected chi connectivity index (χ0v) is 24.7. The van der Waals surface area contributed by atoms with Gasteiger partial charge in [0.05, 0.1) is 11.2 Å². The standard InChI is InChI=1S/C33H35N7O3/c1-5-9-32(41)38-28-20-26-27(21-30(28)42-17-16-40-13-7-8-14-40)35-22-36-33(26)37-24-10-11-29(23(3)18-24)43-25-12-15-39(4)31(19-25)34-6-2/h6,10-12,15,18-22H,2,7-8,13-14,16-17H2,1,3-4H3,(H,38,41)(H,35,36,37). The average molecular weight is 578 g/mol. The first-order chi connectivity index (χ1) is 20.9. The number of aromatic nitrogens is 3. The smallest absolute Gasteiger partial charge is 0.300 e. The van der Waals surface area contributed by atoms with E-state index in [1.807, 2.05) is 67.2 Å². The number of aryl methyl sites for hydroxylation is 2. The molecule has 1 fully saturated rings. The molecule has 0 saturated carbocycles. The van der Waals surface area contributed by atoms with Crippen LogP contribution in [-0.4, -0.2) is 51.6 Å². The van der Waals surface area contributed by atoms with E-state index in [4.69, 9.17) is 9.47 Å². The van der Waals surface area contributed by atoms with Gasteiger partial charge in [-0.1, -0.05) is 12.5 Å². The van der Waals surface area contributed by atoms with Gasteiger partial charge in [-0.05, 0) is 81.6 Å². The number of pyridine rings is 1. The van der Waals surface area contributed by atoms with Crippen LogP contribution in [0.3, 0.4) is 0 Å². The molecule has 10 nitrogen and oxygen atoms in total. The highest BCUT2D eigenvalue weighted by molar-refractivity contribution is 6.06. The first-order valence-corrected chi connectivity index (χ1v) is 14.2. The van der Waals surface area contributed by atoms with Crippen molar-refractivity contribution in [1.82, 2.24) is 19.4 Å². The first-order valence-electron chi connectivity index (χ1n) is 14.2. The van der Waals surface area contributed by atoms with Crippen molar-refractivity contribution in [1.29, 1.82) is 0 Å². The summed E-state index contributed by atoms with van der Waals surface area (Å²) in [6.07, 6.45) is 7.33. The largest absolute Gasteiger partial charge is 0.490 e. The first kappa shape index (κ1) is 29.4. The van der Waals surface area contributed by atoms with Crippen LogP contribution in [0.4, 0.5) is 17.2 Å². The molecule has 2 aromatic carbocycles. The monoisotopic (exact) mass is 577 g/mol. The minimum Gasteiger partial charge on any atom is -0.490 e. The van der Waals surface area contributed by atoms with E-state index in [1.54, 1.807) is 6.92 Å². The summed E-state index contributed by atoms with van der Waals surface area (Å²) >= 11 is 0. The third-order valence-corrected chi connectivity index (χ3v) is 7.07. The maximum atomic E-state index is 12.4. The molecule has 1 aliphatic heterocycles. The Morgan fingerprint density at radius 3 is 2.74 bits per heavy atom. The minimum atomic E-state index is -0.415. The van der Waals surface area contributed by atoms with Gasteiger partial charge in [-0.3, -0.25) is 9.69 Å². The van der Waals surface area contributed by atoms with E-state index in [0.717, 1.165) is 41.8 Å². The second-order valence-corrected chi connectivity index (χ2v) is 10.2. The van der Waals surface area contributed by atoms with Gasteiger partial charge in [0.2, 0.25) is 0 Å². The number of nitrogens with one attached hydrogen (secondary N) is 2. The van der Waals surface area contributed by atoms with Gasteiger partial charge in [-0.25, -0.2) is 15.0 Å². The number of anilines is 3. The number of carbonyl (C=O) groups is 1. The normalized spacial score (nSPS) is 13.3. The molecule has 1 amide bonds. The molecule has 2 N–H and O–H groups in total. The molecule has 0 bridgehead atoms. The predicted octanol–water partition coefficient (Wildman–Crippen LogP) is 5.29. The van der Waals surface area contributed by atoms with E-state index < -0.39 is 5.91 Å². The molecule has 0 unspecified atom stereocenters. The summed E-state index contributed by atoms with van der Waals surface area (Å²) in [4.78, 5) is 28.0. The molecule has 1 aliphatic rings. The third kappa shape index (κ3) is 7.39. The van der Waals surface area contributed by atoms with Gasteiger partial charge in [0.1, 0.15) is 41.5 Å². The van der Waals surface area contributed by atoms with Crippen molar-refractivity contribution in [2.24, 2.45) is 12.0 Å². The van der Waals surface area contributed by atoms with E-state index in [2.05, 4.69) is 48.9 Å². The fraction of sp³-hybridized carbons (Fsp3) is 0.273. The average Bonchev–Trinajstić information content (AvgIpc) is 3.51. The van der Waals surface area contributed by atoms with Crippen LogP contribution >= 0.6 is 0 Å². The molecule has 0 aliphatic carbocycles. The molecule has 0 spiro atoms. The topological polar surface area (TPSA) is 106 Å². The molecule has 1 saturated heterocycles. The molecule has 5 rings (SSSR count). The van der Waals surface area contributed by atoms with Crippen molar-refractivity contribution in [2.75, 3.05) is 36.9 Å². The number of amides is 1. The van der Waals surface area contributed by atoms with Crippen molar-refractivity contribution in [3.63, 3.8) is 0 Å². The van der Waals surface area contributed by atoms with Crippen molar-refractivity contribution in [3.8, 4) is 29.1 Å². The lowest BCUT2D eigenvalue weighted by atomic mass is 10.1. The molecule has 0 atom stereocenters. The second-order valence-electron chi connectivity index (χ2n) is 10.2. The second kappa shape index (κ2) is 13.7. The highest BCUT2D eigenvalue weighted by Crippen LogP contribution is 2.34. The summed E-state index contributed by atoms with van der Waals surface area (Å²) in [7, 11) is 1.91. The maximum Gasteiger partial charge on any atom is 0.300 e. The summed E-state index contributed by atoms with van der Waals surface area (Å²) in [6.45, 7) is 10.8. The van der Waals surface area contributed by atoms with Crippen molar-refractivity contribution >= 4 is 34.0 Å². The summed E-state index contributed by atoms with van der Waals surface area (Å²) in [5, 5.41) is 6.98. The third-order valence-electron chi connectivity index (χ3n) is 7.07. The van der Waals surface area contributed by atoms with Crippen LogP contribution in [0.15, 0.2) is 72.8 Å². The summed E-state index contributed by atoms with van der Waals surface area (Å²) in [5.74, 6) is 7.27. The Bertz CT molecular complexity index is 1780. The molecule has 3 heterocycles. The lowest BCUT2D eigenvalue weighted by Gasteiger charge is -2.18. The molecule has 2 aromatic heterocycles. The molecule has 43 heavy (non-hydrogen) atoms. The summed E-state index contributed by atoms with van der Waals surface area (Å²) < 4.78 is 14.2. The van der Waals surface area contributed by atoms with E-state index in [-0.39, 0.29) is 0 Å². The van der Waals surface area contributed by atoms with Crippen LogP contribution in [-0.2, 0) is 11.8 Å². The van der Waals surface area contributed by atoms with Gasteiger partial charge in [0, 0.05) is 49.2 Å². The van der Waals surface area contributed by atoms with Gasteiger partial charge < -0.3 is 24.7 Å². The molecule has 10 heteroatoms. The van der Waals surface area contributed by atoms with Gasteiger partial charge in [0.15, 0.2) is 0 Å². The lowest BCUT2D eigenvalue weighted by molar-refractivity contribution is -0.111. The number of hydrogen-bond donors (Lipinski definition) is 2. The number of benzene rings is 2. The van der Waals surface area contributed by atoms with Crippen LogP contribution in [0, 0.1) is 18.8 Å². The van der Waals surface area contributed by atoms with Crippen molar-refractivity contribution in [3.05, 3.63) is 78.8 Å². The Morgan fingerprint density at radius 2 is 1.98 bits per heavy atom. The Kier molecular flexibility index (Phi) is 9.34. The number of carbonyl (C=O) groups excluding carboxylic acids is 1. The fourth-order valence-corrected chi connectivity index (χ4v) is 4.89. The Balaban J connectivity index is 1.39. The maximum absolute atomic E-state index is 12.4. The van der Waals surface area contributed by atoms with Crippen LogP contribution < -0.4 is 25.6 Å². The van der Waals surface area contributed by atoms with E-state index in [1.165, 1.54) is 25.4 Å². The highest BCUT2D eigenvalue weighted by Gasteiger charge is 2.16. The molecule has 220 valence electrons. The van der Waals surface area contributed by atoms with Crippen molar-refractivity contribution < 1.29 is 14.3 Å². The fourth-order valence-electron chi connectivity index (χ4n) is 4.89. The van der Waals surface area contributed by atoms with Gasteiger partial charge >= 0.3 is 0 Å². The molecule has 0 radical (unpaired) electrons. The number of rotatable bonds is 10.